The van der Waals surface area contributed by atoms with Gasteiger partial charge in [0.1, 0.15) is 0 Å². The summed E-state index contributed by atoms with van der Waals surface area (Å²) in [6.07, 6.45) is 3.66. The van der Waals surface area contributed by atoms with Crippen LogP contribution in [0.4, 0.5) is 0 Å². The number of aliphatic hydroxyl groups is 1. The largest absolute Gasteiger partial charge is 0.396 e. The van der Waals surface area contributed by atoms with Crippen LogP contribution in [0.25, 0.3) is 0 Å². The topological polar surface area (TPSA) is 51.2 Å². The third-order valence-electron chi connectivity index (χ3n) is 2.42. The molecule has 1 rings (SSSR count). The lowest BCUT2D eigenvalue weighted by Gasteiger charge is -2.17. The number of nitrogens with zero attached hydrogens (tertiary/aromatic N) is 1. The molecule has 0 radical (unpaired) electrons. The average molecular weight is 196 g/mol. The Morgan fingerprint density at radius 3 is 2.79 bits per heavy atom. The Balaban J connectivity index is 2.68. The van der Waals surface area contributed by atoms with Crippen LogP contribution in [-0.4, -0.2) is 16.3 Å². The highest BCUT2D eigenvalue weighted by Crippen LogP contribution is 2.19. The van der Waals surface area contributed by atoms with Crippen molar-refractivity contribution in [3.63, 3.8) is 0 Å². The Morgan fingerprint density at radius 2 is 2.21 bits per heavy atom. The second-order valence-electron chi connectivity index (χ2n) is 3.91. The fourth-order valence-corrected chi connectivity index (χ4v) is 1.65. The van der Waals surface area contributed by atoms with E-state index in [0.717, 1.165) is 18.5 Å². The van der Waals surface area contributed by atoms with Crippen LogP contribution in [0.2, 0.25) is 0 Å². The Bertz CT molecular complexity index is 268. The van der Waals surface area contributed by atoms with Gasteiger partial charge < -0.3 is 15.4 Å². The van der Waals surface area contributed by atoms with Gasteiger partial charge in [-0.15, -0.1) is 0 Å². The van der Waals surface area contributed by atoms with Gasteiger partial charge in [-0.1, -0.05) is 0 Å². The second-order valence-corrected chi connectivity index (χ2v) is 3.91. The van der Waals surface area contributed by atoms with E-state index in [0.29, 0.717) is 6.04 Å². The lowest BCUT2D eigenvalue weighted by atomic mass is 10.1. The van der Waals surface area contributed by atoms with Crippen molar-refractivity contribution < 1.29 is 5.11 Å². The van der Waals surface area contributed by atoms with Crippen molar-refractivity contribution in [1.82, 2.24) is 4.57 Å². The van der Waals surface area contributed by atoms with Gasteiger partial charge in [-0.05, 0) is 38.8 Å². The molecule has 80 valence electrons. The summed E-state index contributed by atoms with van der Waals surface area (Å²) in [4.78, 5) is 0. The molecule has 0 aliphatic carbocycles. The van der Waals surface area contributed by atoms with E-state index in [-0.39, 0.29) is 12.6 Å². The van der Waals surface area contributed by atoms with Crippen LogP contribution in [0.1, 0.15) is 44.5 Å². The summed E-state index contributed by atoms with van der Waals surface area (Å²) < 4.78 is 2.18. The van der Waals surface area contributed by atoms with Gasteiger partial charge in [0.25, 0.3) is 0 Å². The normalized spacial score (nSPS) is 13.5. The fraction of sp³-hybridized carbons (Fsp3) is 0.636. The molecule has 3 N–H and O–H groups in total. The third kappa shape index (κ3) is 2.59. The van der Waals surface area contributed by atoms with Gasteiger partial charge in [0, 0.05) is 30.6 Å². The van der Waals surface area contributed by atoms with E-state index in [2.05, 4.69) is 30.7 Å². The molecular formula is C11H20N2O. The summed E-state index contributed by atoms with van der Waals surface area (Å²) in [6, 6.07) is 4.57. The van der Waals surface area contributed by atoms with E-state index in [1.807, 2.05) is 6.07 Å². The van der Waals surface area contributed by atoms with E-state index in [9.17, 15) is 0 Å². The molecular weight excluding hydrogens is 176 g/mol. The van der Waals surface area contributed by atoms with Gasteiger partial charge in [0.15, 0.2) is 0 Å². The average Bonchev–Trinajstić information content (AvgIpc) is 2.62. The van der Waals surface area contributed by atoms with E-state index >= 15 is 0 Å². The van der Waals surface area contributed by atoms with Crippen LogP contribution in [0, 0.1) is 0 Å². The highest BCUT2D eigenvalue weighted by molar-refractivity contribution is 5.12. The molecule has 14 heavy (non-hydrogen) atoms. The molecule has 0 aromatic carbocycles. The summed E-state index contributed by atoms with van der Waals surface area (Å²) >= 11 is 0. The zero-order valence-electron chi connectivity index (χ0n) is 8.98. The SMILES string of the molecule is CC(C)n1cccc1[C@H](N)CCCO. The molecule has 1 heterocycles. The summed E-state index contributed by atoms with van der Waals surface area (Å²) in [6.45, 7) is 4.50. The lowest BCUT2D eigenvalue weighted by molar-refractivity contribution is 0.279. The summed E-state index contributed by atoms with van der Waals surface area (Å²) in [7, 11) is 0. The Morgan fingerprint density at radius 1 is 1.50 bits per heavy atom. The number of nitrogens with two attached hydrogens (primary N) is 1. The third-order valence-corrected chi connectivity index (χ3v) is 2.42. The number of hydrogen-bond donors (Lipinski definition) is 2. The minimum Gasteiger partial charge on any atom is -0.396 e. The number of aliphatic hydroxyl groups excluding tert-OH is 1. The van der Waals surface area contributed by atoms with E-state index in [4.69, 9.17) is 10.8 Å². The van der Waals surface area contributed by atoms with E-state index in [1.54, 1.807) is 0 Å². The molecule has 0 unspecified atom stereocenters. The van der Waals surface area contributed by atoms with Crippen molar-refractivity contribution in [2.45, 2.75) is 38.8 Å². The molecule has 0 saturated heterocycles. The van der Waals surface area contributed by atoms with Crippen molar-refractivity contribution >= 4 is 0 Å². The van der Waals surface area contributed by atoms with Crippen molar-refractivity contribution in [3.05, 3.63) is 24.0 Å². The first-order valence-corrected chi connectivity index (χ1v) is 5.20. The molecule has 3 heteroatoms. The van der Waals surface area contributed by atoms with Crippen LogP contribution in [0.5, 0.6) is 0 Å². The Hall–Kier alpha value is -0.800. The molecule has 0 fully saturated rings. The molecule has 0 aliphatic rings. The Kier molecular flexibility index (Phi) is 4.17. The zero-order valence-corrected chi connectivity index (χ0v) is 8.98. The molecule has 0 aliphatic heterocycles. The van der Waals surface area contributed by atoms with Gasteiger partial charge in [-0.2, -0.15) is 0 Å². The van der Waals surface area contributed by atoms with Crippen molar-refractivity contribution in [2.75, 3.05) is 6.61 Å². The molecule has 0 saturated carbocycles. The maximum Gasteiger partial charge on any atom is 0.0450 e. The van der Waals surface area contributed by atoms with E-state index < -0.39 is 0 Å². The predicted octanol–water partition coefficient (Wildman–Crippen LogP) is 1.84. The standard InChI is InChI=1S/C11H20N2O/c1-9(2)13-7-3-6-11(13)10(12)5-4-8-14/h3,6-7,9-10,14H,4-5,8,12H2,1-2H3/t10-/m1/s1. The first-order chi connectivity index (χ1) is 6.66. The maximum atomic E-state index is 8.73. The van der Waals surface area contributed by atoms with Crippen LogP contribution in [0.3, 0.4) is 0 Å². The minimum absolute atomic E-state index is 0.0412. The first-order valence-electron chi connectivity index (χ1n) is 5.20. The van der Waals surface area contributed by atoms with E-state index in [1.165, 1.54) is 0 Å². The monoisotopic (exact) mass is 196 g/mol. The predicted molar refractivity (Wildman–Crippen MR) is 58.1 cm³/mol. The van der Waals surface area contributed by atoms with Crippen LogP contribution >= 0.6 is 0 Å². The highest BCUT2D eigenvalue weighted by atomic mass is 16.2. The zero-order chi connectivity index (χ0) is 10.6. The van der Waals surface area contributed by atoms with Gasteiger partial charge >= 0.3 is 0 Å². The molecule has 0 spiro atoms. The number of aromatic nitrogens is 1. The molecule has 1 aromatic heterocycles. The smallest absolute Gasteiger partial charge is 0.0450 e. The molecule has 0 bridgehead atoms. The van der Waals surface area contributed by atoms with Gasteiger partial charge in [0.05, 0.1) is 0 Å². The number of hydrogen-bond acceptors (Lipinski definition) is 2. The van der Waals surface area contributed by atoms with Crippen molar-refractivity contribution in [1.29, 1.82) is 0 Å². The highest BCUT2D eigenvalue weighted by Gasteiger charge is 2.11. The van der Waals surface area contributed by atoms with Crippen LogP contribution in [-0.2, 0) is 0 Å². The first kappa shape index (κ1) is 11.3. The van der Waals surface area contributed by atoms with Gasteiger partial charge in [-0.3, -0.25) is 0 Å². The van der Waals surface area contributed by atoms with Crippen molar-refractivity contribution in [3.8, 4) is 0 Å². The lowest BCUT2D eigenvalue weighted by Crippen LogP contribution is -2.16. The number of rotatable bonds is 5. The quantitative estimate of drug-likeness (QED) is 0.755. The second kappa shape index (κ2) is 5.17. The molecule has 1 atom stereocenters. The summed E-state index contributed by atoms with van der Waals surface area (Å²) in [5, 5.41) is 8.73. The fourth-order valence-electron chi connectivity index (χ4n) is 1.65. The van der Waals surface area contributed by atoms with Crippen molar-refractivity contribution in [2.24, 2.45) is 5.73 Å². The summed E-state index contributed by atoms with van der Waals surface area (Å²) in [5.41, 5.74) is 7.19. The maximum absolute atomic E-state index is 8.73. The van der Waals surface area contributed by atoms with Gasteiger partial charge in [-0.25, -0.2) is 0 Å². The minimum atomic E-state index is 0.0412. The summed E-state index contributed by atoms with van der Waals surface area (Å²) in [5.74, 6) is 0. The molecule has 0 amide bonds. The molecule has 1 aromatic rings. The van der Waals surface area contributed by atoms with Gasteiger partial charge in [0.2, 0.25) is 0 Å². The Labute approximate surface area is 85.5 Å². The van der Waals surface area contributed by atoms with Crippen LogP contribution in [0.15, 0.2) is 18.3 Å². The molecule has 3 nitrogen and oxygen atoms in total. The van der Waals surface area contributed by atoms with Crippen LogP contribution < -0.4 is 5.73 Å².